The predicted molar refractivity (Wildman–Crippen MR) is 251 cm³/mol. The molecule has 23 heteroatoms. The topological polar surface area (TPSA) is 229 Å². The van der Waals surface area contributed by atoms with Crippen LogP contribution in [0, 0.1) is 14.9 Å². The molecule has 7 rings (SSSR count). The van der Waals surface area contributed by atoms with E-state index in [2.05, 4.69) is 35.9 Å². The number of halogens is 1. The molecule has 0 unspecified atom stereocenters. The van der Waals surface area contributed by atoms with E-state index in [0.29, 0.717) is 74.2 Å². The number of fused-ring (bicyclic) bond motifs is 2. The van der Waals surface area contributed by atoms with E-state index in [9.17, 15) is 31.2 Å². The number of pyridine rings is 3. The first kappa shape index (κ1) is 57.3. The second-order valence-corrected chi connectivity index (χ2v) is 19.3. The van der Waals surface area contributed by atoms with E-state index in [1.165, 1.54) is 40.2 Å². The zero-order valence-electron chi connectivity index (χ0n) is 37.3. The largest absolute Gasteiger partial charge is 0.493 e. The summed E-state index contributed by atoms with van der Waals surface area (Å²) < 4.78 is 75.6. The summed E-state index contributed by atoms with van der Waals surface area (Å²) in [5.41, 5.74) is 1.91. The van der Waals surface area contributed by atoms with Gasteiger partial charge in [0.05, 0.1) is 73.9 Å². The molecule has 0 bridgehead atoms. The van der Waals surface area contributed by atoms with Crippen LogP contribution in [0.25, 0.3) is 28.0 Å². The van der Waals surface area contributed by atoms with E-state index in [0.717, 1.165) is 12.5 Å². The van der Waals surface area contributed by atoms with Gasteiger partial charge in [0.25, 0.3) is 5.56 Å². The molecular formula is C43H50BrN7O11S2W2-2. The minimum atomic E-state index is -3.50. The van der Waals surface area contributed by atoms with Crippen molar-refractivity contribution in [1.29, 1.82) is 0 Å². The van der Waals surface area contributed by atoms with Gasteiger partial charge in [0.1, 0.15) is 19.7 Å². The summed E-state index contributed by atoms with van der Waals surface area (Å²) in [5.74, 6) is 1.33. The zero-order valence-corrected chi connectivity index (χ0v) is 46.4. The Morgan fingerprint density at radius 2 is 1.11 bits per heavy atom. The van der Waals surface area contributed by atoms with Crippen LogP contribution >= 0.6 is 15.9 Å². The summed E-state index contributed by atoms with van der Waals surface area (Å²) in [5, 5.41) is 0. The third kappa shape index (κ3) is 13.4. The molecule has 0 spiro atoms. The van der Waals surface area contributed by atoms with Crippen molar-refractivity contribution in [3.8, 4) is 28.7 Å². The number of benzene rings is 2. The number of ether oxygens (including phenoxy) is 4. The van der Waals surface area contributed by atoms with Crippen molar-refractivity contribution >= 4 is 57.9 Å². The van der Waals surface area contributed by atoms with Gasteiger partial charge in [-0.15, -0.1) is 0 Å². The number of imidazole rings is 2. The van der Waals surface area contributed by atoms with Crippen molar-refractivity contribution in [3.63, 3.8) is 0 Å². The second-order valence-electron chi connectivity index (χ2n) is 14.0. The van der Waals surface area contributed by atoms with Crippen LogP contribution in [0.3, 0.4) is 0 Å². The zero-order chi connectivity index (χ0) is 44.9. The fraction of sp³-hybridized carbons (Fsp3) is 0.279. The average Bonchev–Trinajstić information content (AvgIpc) is 3.72. The van der Waals surface area contributed by atoms with E-state index >= 15 is 0 Å². The minimum absolute atomic E-state index is 0. The smallest absolute Gasteiger partial charge is 0.328 e. The van der Waals surface area contributed by atoms with Crippen molar-refractivity contribution in [2.45, 2.75) is 25.9 Å². The molecule has 2 atom stereocenters. The molecule has 0 aliphatic carbocycles. The van der Waals surface area contributed by atoms with Crippen LogP contribution in [-0.4, -0.2) is 102 Å². The van der Waals surface area contributed by atoms with E-state index in [1.54, 1.807) is 73.1 Å². The number of nitrogens with zero attached hydrogens (tertiary/aromatic N) is 5. The van der Waals surface area contributed by atoms with E-state index < -0.39 is 43.1 Å². The van der Waals surface area contributed by atoms with Gasteiger partial charge in [0, 0.05) is 77.6 Å². The van der Waals surface area contributed by atoms with E-state index in [4.69, 9.17) is 18.9 Å². The summed E-state index contributed by atoms with van der Waals surface area (Å²) in [6, 6.07) is 16.6. The Morgan fingerprint density at radius 3 is 1.53 bits per heavy atom. The van der Waals surface area contributed by atoms with Gasteiger partial charge < -0.3 is 43.8 Å². The number of rotatable bonds is 15. The number of methoxy groups -OCH3 is 2. The average molecular weight is 1350 g/mol. The van der Waals surface area contributed by atoms with Gasteiger partial charge >= 0.3 is 11.4 Å². The summed E-state index contributed by atoms with van der Waals surface area (Å²) in [4.78, 5) is 52.1. The van der Waals surface area contributed by atoms with Crippen molar-refractivity contribution in [1.82, 2.24) is 33.6 Å². The van der Waals surface area contributed by atoms with Crippen molar-refractivity contribution in [3.05, 3.63) is 147 Å². The monoisotopic (exact) mass is 1350 g/mol. The number of H-pyrrole nitrogens is 2. The fourth-order valence-electron chi connectivity index (χ4n) is 6.89. The first-order valence-corrected chi connectivity index (χ1v) is 23.9. The Kier molecular flexibility index (Phi) is 21.1. The molecule has 0 fully saturated rings. The van der Waals surface area contributed by atoms with Crippen molar-refractivity contribution in [2.75, 3.05) is 51.5 Å². The first-order chi connectivity index (χ1) is 29.4. The molecule has 66 heavy (non-hydrogen) atoms. The van der Waals surface area contributed by atoms with Crippen LogP contribution in [0.2, 0.25) is 0 Å². The maximum Gasteiger partial charge on any atom is 0.328 e. The van der Waals surface area contributed by atoms with Crippen LogP contribution in [0.1, 0.15) is 37.1 Å². The molecule has 2 aromatic carbocycles. The van der Waals surface area contributed by atoms with E-state index in [-0.39, 0.29) is 79.7 Å². The molecule has 0 saturated carbocycles. The minimum Gasteiger partial charge on any atom is -0.493 e. The third-order valence-electron chi connectivity index (χ3n) is 9.45. The Hall–Kier alpha value is -4.81. The van der Waals surface area contributed by atoms with Crippen LogP contribution in [-0.2, 0) is 61.8 Å². The van der Waals surface area contributed by atoms with Gasteiger partial charge in [-0.25, -0.2) is 36.4 Å². The first-order valence-electron chi connectivity index (χ1n) is 19.0. The Morgan fingerprint density at radius 1 is 0.652 bits per heavy atom. The summed E-state index contributed by atoms with van der Waals surface area (Å²) in [6.07, 6.45) is 6.87. The van der Waals surface area contributed by atoms with Gasteiger partial charge in [-0.3, -0.25) is 18.5 Å². The molecule has 5 heterocycles. The molecule has 0 aliphatic rings. The molecule has 0 aliphatic heterocycles. The molecule has 7 aromatic rings. The standard InChI is InChI=1S/C23H24N4O6S.C18H20BrN3O5S.2CH3.2W/c1-4-33-20-11-15(8-9-19(20)32-2)18(14-34(3,30)31)27-22-17(25-23(27)29)12-16(13-24-22)26-10-6-5-7-21(26)28;1-4-27-16-7-11(5-6-15(16)26-2)14(10-28(3,24)25)22-17-13(21-18(22)23)8-12(19)9-20-17;;;;/h5-13,18H,4,14H2,1-3H3,(H,25,29);5-9,14H,4,10H2,1-3H3,(H,21,23);2*1H3;;/q;;2*-1;;/t18-;14-;;;;/m11..../s1. The summed E-state index contributed by atoms with van der Waals surface area (Å²) in [7, 11) is -3.88. The molecule has 0 amide bonds. The number of aromatic nitrogens is 7. The van der Waals surface area contributed by atoms with Gasteiger partial charge in [-0.2, -0.15) is 0 Å². The Balaban J connectivity index is 0.000000435. The number of hydrogen-bond donors (Lipinski definition) is 2. The fourth-order valence-corrected chi connectivity index (χ4v) is 9.05. The van der Waals surface area contributed by atoms with Crippen LogP contribution < -0.4 is 35.9 Å². The van der Waals surface area contributed by atoms with Gasteiger partial charge in [-0.05, 0) is 83.4 Å². The molecule has 18 nitrogen and oxygen atoms in total. The quantitative estimate of drug-likeness (QED) is 0.124. The van der Waals surface area contributed by atoms with Gasteiger partial charge in [-0.1, -0.05) is 18.2 Å². The normalized spacial score (nSPS) is 11.9. The second kappa shape index (κ2) is 24.3. The molecule has 0 radical (unpaired) electrons. The van der Waals surface area contributed by atoms with Crippen molar-refractivity contribution in [2.24, 2.45) is 0 Å². The molecule has 2 N–H and O–H groups in total. The van der Waals surface area contributed by atoms with Crippen LogP contribution in [0.5, 0.6) is 23.0 Å². The van der Waals surface area contributed by atoms with Crippen LogP contribution in [0.4, 0.5) is 0 Å². The Labute approximate surface area is 419 Å². The number of nitrogens with one attached hydrogen (secondary N) is 2. The number of aromatic amines is 2. The van der Waals surface area contributed by atoms with Gasteiger partial charge in [0.15, 0.2) is 34.3 Å². The van der Waals surface area contributed by atoms with Gasteiger partial charge in [0.2, 0.25) is 0 Å². The van der Waals surface area contributed by atoms with E-state index in [1.807, 2.05) is 13.8 Å². The number of hydrogen-bond acceptors (Lipinski definition) is 13. The summed E-state index contributed by atoms with van der Waals surface area (Å²) in [6.45, 7) is 4.46. The predicted octanol–water partition coefficient (Wildman–Crippen LogP) is 5.34. The third-order valence-corrected chi connectivity index (χ3v) is 11.7. The molecule has 356 valence electrons. The SMILES string of the molecule is CCOc1cc([C@@H](CS(C)(=O)=O)n2c(=O)[nH]c3cc(-n4ccccc4=O)cnc32)ccc1OC.CCOc1cc([C@@H](CS(C)(=O)=O)n2c(=O)[nH]c3cc(Br)cnc32)ccc1OC.[CH3-].[CH3-].[W].[W]. The summed E-state index contributed by atoms with van der Waals surface area (Å²) >= 11 is 3.32. The molecule has 5 aromatic heterocycles. The Bertz CT molecular complexity index is 3170. The van der Waals surface area contributed by atoms with Crippen molar-refractivity contribution < 1.29 is 77.9 Å². The maximum absolute atomic E-state index is 13.0. The van der Waals surface area contributed by atoms with Crippen LogP contribution in [0.15, 0.2) is 104 Å². The molecule has 0 saturated heterocycles. The molecular weight excluding hydrogens is 1300 g/mol. The maximum atomic E-state index is 13.0. The number of sulfone groups is 2.